The standard InChI is InChI=1S/C17H22BrF3N2O3S/c1-3-5-9-27(25)23-14(13-7-6-8-15(18)22-13)10-12(17(19,20)21)11-16(24)26-4-2/h6-8,12H,3-5,9-11H2,1-2H3/t12-,27?/m0/s1. The molecule has 0 amide bonds. The van der Waals surface area contributed by atoms with Crippen molar-refractivity contribution in [3.63, 3.8) is 0 Å². The second-order valence-electron chi connectivity index (χ2n) is 5.71. The number of carbonyl (C=O) groups is 1. The fourth-order valence-corrected chi connectivity index (χ4v) is 3.54. The average molecular weight is 471 g/mol. The lowest BCUT2D eigenvalue weighted by atomic mass is 9.96. The molecule has 0 fully saturated rings. The van der Waals surface area contributed by atoms with Gasteiger partial charge in [-0.05, 0) is 41.4 Å². The van der Waals surface area contributed by atoms with Crippen LogP contribution < -0.4 is 0 Å². The summed E-state index contributed by atoms with van der Waals surface area (Å²) in [6, 6.07) is 4.72. The molecule has 27 heavy (non-hydrogen) atoms. The normalized spacial score (nSPS) is 14.7. The molecule has 1 rings (SSSR count). The third-order valence-corrected chi connectivity index (χ3v) is 5.02. The second-order valence-corrected chi connectivity index (χ2v) is 7.76. The van der Waals surface area contributed by atoms with Crippen molar-refractivity contribution in [2.24, 2.45) is 10.3 Å². The maximum Gasteiger partial charge on any atom is 0.392 e. The van der Waals surface area contributed by atoms with Crippen molar-refractivity contribution in [3.05, 3.63) is 28.5 Å². The fraction of sp³-hybridized carbons (Fsp3) is 0.588. The van der Waals surface area contributed by atoms with Gasteiger partial charge < -0.3 is 9.29 Å². The van der Waals surface area contributed by atoms with Gasteiger partial charge in [-0.15, -0.1) is 0 Å². The van der Waals surface area contributed by atoms with Gasteiger partial charge in [0.05, 0.1) is 36.0 Å². The van der Waals surface area contributed by atoms with E-state index in [1.165, 1.54) is 13.0 Å². The van der Waals surface area contributed by atoms with E-state index >= 15 is 0 Å². The highest BCUT2D eigenvalue weighted by molar-refractivity contribution is 9.10. The van der Waals surface area contributed by atoms with E-state index in [1.54, 1.807) is 12.1 Å². The minimum atomic E-state index is -4.63. The molecule has 1 heterocycles. The Labute approximate surface area is 168 Å². The van der Waals surface area contributed by atoms with E-state index in [0.29, 0.717) is 11.0 Å². The van der Waals surface area contributed by atoms with Crippen molar-refractivity contribution >= 4 is 39.0 Å². The molecule has 1 aromatic heterocycles. The van der Waals surface area contributed by atoms with Crippen molar-refractivity contribution in [2.75, 3.05) is 12.4 Å². The van der Waals surface area contributed by atoms with Crippen LogP contribution in [0.3, 0.4) is 0 Å². The molecule has 152 valence electrons. The number of aromatic nitrogens is 1. The summed E-state index contributed by atoms with van der Waals surface area (Å²) >= 11 is 1.50. The van der Waals surface area contributed by atoms with Gasteiger partial charge >= 0.3 is 12.1 Å². The van der Waals surface area contributed by atoms with Gasteiger partial charge in [0.25, 0.3) is 0 Å². The zero-order chi connectivity index (χ0) is 20.4. The molecule has 0 saturated heterocycles. The Bertz CT molecular complexity index is 644. The number of unbranched alkanes of at least 4 members (excludes halogenated alkanes) is 1. The smallest absolute Gasteiger partial charge is 0.392 e. The number of rotatable bonds is 10. The van der Waals surface area contributed by atoms with E-state index in [1.807, 2.05) is 6.92 Å². The fourth-order valence-electron chi connectivity index (χ4n) is 2.15. The highest BCUT2D eigenvalue weighted by Gasteiger charge is 2.42. The first kappa shape index (κ1) is 23.9. The predicted molar refractivity (Wildman–Crippen MR) is 102 cm³/mol. The summed E-state index contributed by atoms with van der Waals surface area (Å²) in [4.78, 5) is 15.7. The minimum absolute atomic E-state index is 0.00141. The minimum Gasteiger partial charge on any atom is -0.591 e. The molecular weight excluding hydrogens is 449 g/mol. The van der Waals surface area contributed by atoms with E-state index in [4.69, 9.17) is 0 Å². The van der Waals surface area contributed by atoms with Crippen molar-refractivity contribution in [2.45, 2.75) is 45.7 Å². The van der Waals surface area contributed by atoms with Gasteiger partial charge in [-0.1, -0.05) is 23.8 Å². The van der Waals surface area contributed by atoms with Crippen LogP contribution in [0.25, 0.3) is 0 Å². The van der Waals surface area contributed by atoms with Crippen LogP contribution in [0.5, 0.6) is 0 Å². The lowest BCUT2D eigenvalue weighted by molar-refractivity contribution is -0.182. The molecule has 0 N–H and O–H groups in total. The first-order valence-electron chi connectivity index (χ1n) is 8.48. The zero-order valence-corrected chi connectivity index (χ0v) is 17.5. The summed E-state index contributed by atoms with van der Waals surface area (Å²) in [5.41, 5.74) is 0.143. The zero-order valence-electron chi connectivity index (χ0n) is 15.1. The molecule has 2 atom stereocenters. The molecule has 10 heteroatoms. The third kappa shape index (κ3) is 9.07. The number of hydrogen-bond donors (Lipinski definition) is 0. The SMILES string of the molecule is CCCC[S+]([O-])N=C(C[C@@H](CC(=O)OCC)C(F)(F)F)c1cccc(Br)n1. The molecule has 0 bridgehead atoms. The Kier molecular flexibility index (Phi) is 10.3. The summed E-state index contributed by atoms with van der Waals surface area (Å²) in [6.45, 7) is 3.44. The first-order chi connectivity index (χ1) is 12.7. The molecular formula is C17H22BrF3N2O3S. The van der Waals surface area contributed by atoms with Gasteiger partial charge in [0.2, 0.25) is 0 Å². The number of nitrogens with zero attached hydrogens (tertiary/aromatic N) is 2. The molecule has 0 saturated carbocycles. The second kappa shape index (κ2) is 11.7. The monoisotopic (exact) mass is 470 g/mol. The molecule has 0 aromatic carbocycles. The Morgan fingerprint density at radius 2 is 2.07 bits per heavy atom. The van der Waals surface area contributed by atoms with E-state index in [9.17, 15) is 22.5 Å². The van der Waals surface area contributed by atoms with Crippen molar-refractivity contribution in [1.82, 2.24) is 4.98 Å². The molecule has 0 aliphatic rings. The van der Waals surface area contributed by atoms with Gasteiger partial charge in [0.15, 0.2) is 0 Å². The summed E-state index contributed by atoms with van der Waals surface area (Å²) in [7, 11) is 0. The summed E-state index contributed by atoms with van der Waals surface area (Å²) in [5.74, 6) is -2.68. The van der Waals surface area contributed by atoms with Crippen LogP contribution >= 0.6 is 15.9 Å². The Balaban J connectivity index is 3.15. The molecule has 1 unspecified atom stereocenters. The number of ether oxygens (including phenoxy) is 1. The van der Waals surface area contributed by atoms with Crippen LogP contribution in [0.15, 0.2) is 27.2 Å². The quantitative estimate of drug-likeness (QED) is 0.216. The lowest BCUT2D eigenvalue weighted by Crippen LogP contribution is -2.29. The molecule has 0 aliphatic heterocycles. The van der Waals surface area contributed by atoms with E-state index < -0.39 is 42.3 Å². The Morgan fingerprint density at radius 1 is 1.37 bits per heavy atom. The molecule has 0 radical (unpaired) electrons. The van der Waals surface area contributed by atoms with E-state index in [-0.39, 0.29) is 23.8 Å². The largest absolute Gasteiger partial charge is 0.591 e. The highest BCUT2D eigenvalue weighted by atomic mass is 79.9. The Morgan fingerprint density at radius 3 is 2.63 bits per heavy atom. The summed E-state index contributed by atoms with van der Waals surface area (Å²) in [6.07, 6.45) is -4.64. The number of hydrogen-bond acceptors (Lipinski definition) is 5. The topological polar surface area (TPSA) is 74.6 Å². The molecule has 0 spiro atoms. The number of pyridine rings is 1. The lowest BCUT2D eigenvalue weighted by Gasteiger charge is -2.20. The van der Waals surface area contributed by atoms with Gasteiger partial charge in [0.1, 0.15) is 16.1 Å². The average Bonchev–Trinajstić information content (AvgIpc) is 2.58. The predicted octanol–water partition coefficient (Wildman–Crippen LogP) is 4.62. The molecule has 5 nitrogen and oxygen atoms in total. The van der Waals surface area contributed by atoms with E-state index in [0.717, 1.165) is 6.42 Å². The van der Waals surface area contributed by atoms with Gasteiger partial charge in [-0.25, -0.2) is 4.98 Å². The Hall–Kier alpha value is -1.13. The van der Waals surface area contributed by atoms with Crippen LogP contribution in [0.4, 0.5) is 13.2 Å². The van der Waals surface area contributed by atoms with Gasteiger partial charge in [-0.3, -0.25) is 4.79 Å². The number of esters is 1. The molecule has 1 aromatic rings. The summed E-state index contributed by atoms with van der Waals surface area (Å²) in [5, 5.41) is 0. The van der Waals surface area contributed by atoms with Crippen LogP contribution in [-0.2, 0) is 20.9 Å². The van der Waals surface area contributed by atoms with Crippen molar-refractivity contribution in [3.8, 4) is 0 Å². The maximum atomic E-state index is 13.4. The van der Waals surface area contributed by atoms with Crippen LogP contribution in [0, 0.1) is 5.92 Å². The maximum absolute atomic E-state index is 13.4. The van der Waals surface area contributed by atoms with Crippen molar-refractivity contribution < 1.29 is 27.3 Å². The first-order valence-corrected chi connectivity index (χ1v) is 10.6. The van der Waals surface area contributed by atoms with Gasteiger partial charge in [-0.2, -0.15) is 13.2 Å². The van der Waals surface area contributed by atoms with Crippen LogP contribution in [0.2, 0.25) is 0 Å². The highest BCUT2D eigenvalue weighted by Crippen LogP contribution is 2.33. The van der Waals surface area contributed by atoms with Crippen molar-refractivity contribution in [1.29, 1.82) is 0 Å². The summed E-state index contributed by atoms with van der Waals surface area (Å²) < 4.78 is 61.5. The van der Waals surface area contributed by atoms with Crippen LogP contribution in [0.1, 0.15) is 45.2 Å². The number of halogens is 4. The number of alkyl halides is 3. The van der Waals surface area contributed by atoms with E-state index in [2.05, 4.69) is 30.0 Å². The number of carbonyl (C=O) groups excluding carboxylic acids is 1. The van der Waals surface area contributed by atoms with Crippen LogP contribution in [-0.4, -0.2) is 39.8 Å². The third-order valence-electron chi connectivity index (χ3n) is 3.52. The van der Waals surface area contributed by atoms with Gasteiger partial charge in [0, 0.05) is 6.42 Å². The molecule has 0 aliphatic carbocycles.